The number of nitrogens with one attached hydrogen (secondary N) is 2. The van der Waals surface area contributed by atoms with E-state index in [1.165, 1.54) is 54.3 Å². The summed E-state index contributed by atoms with van der Waals surface area (Å²) in [5, 5.41) is 9.59. The van der Waals surface area contributed by atoms with Crippen LogP contribution in [0.5, 0.6) is 17.5 Å². The van der Waals surface area contributed by atoms with Crippen LogP contribution < -0.4 is 25.7 Å². The summed E-state index contributed by atoms with van der Waals surface area (Å²) in [6.07, 6.45) is 2.49. The minimum absolute atomic E-state index is 0.0764. The molecular formula is C36H26FN5O5S. The molecule has 3 aromatic carbocycles. The van der Waals surface area contributed by atoms with Crippen LogP contribution in [0.2, 0.25) is 0 Å². The van der Waals surface area contributed by atoms with Crippen LogP contribution in [0.15, 0.2) is 119 Å². The molecule has 0 radical (unpaired) electrons. The van der Waals surface area contributed by atoms with E-state index in [-0.39, 0.29) is 17.4 Å². The van der Waals surface area contributed by atoms with Gasteiger partial charge in [-0.2, -0.15) is 11.3 Å². The van der Waals surface area contributed by atoms with E-state index in [1.807, 2.05) is 41.1 Å². The van der Waals surface area contributed by atoms with Crippen LogP contribution in [-0.2, 0) is 4.79 Å². The highest BCUT2D eigenvalue weighted by Crippen LogP contribution is 2.52. The van der Waals surface area contributed by atoms with Crippen molar-refractivity contribution in [1.29, 1.82) is 0 Å². The molecular weight excluding hydrogens is 633 g/mol. The van der Waals surface area contributed by atoms with Crippen LogP contribution in [-0.4, -0.2) is 26.3 Å². The average Bonchev–Trinajstić information content (AvgIpc) is 3.75. The van der Waals surface area contributed by atoms with Crippen LogP contribution in [0, 0.1) is 5.82 Å². The first-order valence-corrected chi connectivity index (χ1v) is 15.8. The minimum atomic E-state index is -0.597. The number of aromatic nitrogens is 3. The zero-order valence-electron chi connectivity index (χ0n) is 25.3. The molecule has 1 aliphatic rings. The topological polar surface area (TPSA) is 124 Å². The number of carbonyl (C=O) groups is 2. The van der Waals surface area contributed by atoms with Gasteiger partial charge in [-0.3, -0.25) is 19.0 Å². The maximum absolute atomic E-state index is 13.4. The molecule has 0 aliphatic carbocycles. The molecule has 2 unspecified atom stereocenters. The summed E-state index contributed by atoms with van der Waals surface area (Å²) in [6.45, 7) is 1.46. The normalized spacial score (nSPS) is 14.9. The zero-order valence-corrected chi connectivity index (χ0v) is 26.1. The zero-order chi connectivity index (χ0) is 33.2. The van der Waals surface area contributed by atoms with E-state index in [9.17, 15) is 18.8 Å². The molecule has 4 heterocycles. The molecule has 0 bridgehead atoms. The highest BCUT2D eigenvalue weighted by atomic mass is 32.1. The molecule has 0 saturated carbocycles. The van der Waals surface area contributed by atoms with E-state index in [2.05, 4.69) is 20.6 Å². The molecule has 6 aromatic rings. The van der Waals surface area contributed by atoms with Gasteiger partial charge in [0.15, 0.2) is 0 Å². The van der Waals surface area contributed by atoms with Gasteiger partial charge in [-0.25, -0.2) is 14.4 Å². The van der Waals surface area contributed by atoms with Gasteiger partial charge in [-0.15, -0.1) is 0 Å². The number of carbonyl (C=O) groups excluding carboxylic acids is 2. The second-order valence-electron chi connectivity index (χ2n) is 10.9. The molecule has 2 amide bonds. The molecule has 1 aliphatic heterocycles. The lowest BCUT2D eigenvalue weighted by Crippen LogP contribution is -2.27. The first kappa shape index (κ1) is 30.5. The van der Waals surface area contributed by atoms with Crippen molar-refractivity contribution in [3.05, 3.63) is 153 Å². The fraction of sp³-hybridized carbons (Fsp3) is 0.0833. The van der Waals surface area contributed by atoms with Crippen LogP contribution >= 0.6 is 11.3 Å². The maximum atomic E-state index is 13.4. The van der Waals surface area contributed by atoms with Crippen LogP contribution in [0.1, 0.15) is 46.0 Å². The largest absolute Gasteiger partial charge is 0.468 e. The van der Waals surface area contributed by atoms with Crippen molar-refractivity contribution in [3.8, 4) is 23.2 Å². The Kier molecular flexibility index (Phi) is 8.22. The summed E-state index contributed by atoms with van der Waals surface area (Å²) in [7, 11) is 0. The van der Waals surface area contributed by atoms with Crippen molar-refractivity contribution >= 4 is 34.5 Å². The number of hydrogen-bond acceptors (Lipinski definition) is 8. The minimum Gasteiger partial charge on any atom is -0.468 e. The number of nitrogens with zero attached hydrogens (tertiary/aromatic N) is 3. The molecule has 12 heteroatoms. The van der Waals surface area contributed by atoms with Crippen molar-refractivity contribution in [3.63, 3.8) is 0 Å². The van der Waals surface area contributed by atoms with E-state index < -0.39 is 23.4 Å². The van der Waals surface area contributed by atoms with E-state index in [0.29, 0.717) is 40.1 Å². The fourth-order valence-corrected chi connectivity index (χ4v) is 6.27. The molecule has 2 atom stereocenters. The number of hydrogen-bond donors (Lipinski definition) is 2. The molecule has 10 nitrogen and oxygen atoms in total. The number of anilines is 2. The molecule has 0 fully saturated rings. The fourth-order valence-electron chi connectivity index (χ4n) is 5.59. The van der Waals surface area contributed by atoms with Gasteiger partial charge in [-0.05, 0) is 95.2 Å². The summed E-state index contributed by atoms with van der Waals surface area (Å²) in [4.78, 5) is 46.8. The lowest BCUT2D eigenvalue weighted by Gasteiger charge is -2.20. The Labute approximate surface area is 277 Å². The maximum Gasteiger partial charge on any atom is 0.267 e. The highest BCUT2D eigenvalue weighted by molar-refractivity contribution is 7.08. The van der Waals surface area contributed by atoms with E-state index in [1.54, 1.807) is 41.7 Å². The van der Waals surface area contributed by atoms with Gasteiger partial charge in [0, 0.05) is 35.7 Å². The van der Waals surface area contributed by atoms with Crippen molar-refractivity contribution in [2.75, 3.05) is 10.6 Å². The van der Waals surface area contributed by atoms with Crippen LogP contribution in [0.4, 0.5) is 15.8 Å². The predicted octanol–water partition coefficient (Wildman–Crippen LogP) is 7.10. The highest BCUT2D eigenvalue weighted by Gasteiger charge is 2.41. The third-order valence-corrected chi connectivity index (χ3v) is 8.43. The standard InChI is InChI=1S/C36H26FN5O5S/c1-21(43)40-26-5-2-4-22(18-26)30-31-34(38-20-39-35(31)47-32(30)23-15-17-48-19-23)46-28-13-9-25(10-14-28)41-33(44)29-6-3-16-42(36(29)45)27-11-7-24(37)8-12-27/h2-20,30,32H,1H3,(H,40,43)(H,41,44). The summed E-state index contributed by atoms with van der Waals surface area (Å²) >= 11 is 1.56. The second-order valence-corrected chi connectivity index (χ2v) is 11.7. The third kappa shape index (κ3) is 6.16. The number of ether oxygens (including phenoxy) is 2. The van der Waals surface area contributed by atoms with E-state index >= 15 is 0 Å². The van der Waals surface area contributed by atoms with Gasteiger partial charge in [0.1, 0.15) is 29.6 Å². The van der Waals surface area contributed by atoms with Gasteiger partial charge in [-0.1, -0.05) is 12.1 Å². The SMILES string of the molecule is CC(=O)Nc1cccc(C2c3c(Oc4ccc(NC(=O)c5cccn(-c6ccc(F)cc6)c5=O)cc4)ncnc3OC2c2ccsc2)c1. The van der Waals surface area contributed by atoms with Gasteiger partial charge in [0.25, 0.3) is 11.5 Å². The van der Waals surface area contributed by atoms with Crippen molar-refractivity contribution in [2.45, 2.75) is 18.9 Å². The Morgan fingerprint density at radius 2 is 1.73 bits per heavy atom. The van der Waals surface area contributed by atoms with Gasteiger partial charge in [0.2, 0.25) is 17.7 Å². The molecule has 0 spiro atoms. The summed E-state index contributed by atoms with van der Waals surface area (Å²) in [5.41, 5.74) is 3.42. The molecule has 7 rings (SSSR count). The smallest absolute Gasteiger partial charge is 0.267 e. The first-order chi connectivity index (χ1) is 23.3. The van der Waals surface area contributed by atoms with Crippen molar-refractivity contribution in [2.24, 2.45) is 0 Å². The molecule has 2 N–H and O–H groups in total. The lowest BCUT2D eigenvalue weighted by molar-refractivity contribution is -0.114. The number of halogens is 1. The summed E-state index contributed by atoms with van der Waals surface area (Å²) < 4.78 is 27.3. The van der Waals surface area contributed by atoms with Gasteiger partial charge < -0.3 is 20.1 Å². The Morgan fingerprint density at radius 1 is 0.917 bits per heavy atom. The average molecular weight is 660 g/mol. The molecule has 0 saturated heterocycles. The third-order valence-electron chi connectivity index (χ3n) is 7.72. The Bertz CT molecular complexity index is 2190. The summed E-state index contributed by atoms with van der Waals surface area (Å²) in [6, 6.07) is 24.6. The number of benzene rings is 3. The van der Waals surface area contributed by atoms with Crippen molar-refractivity contribution < 1.29 is 23.5 Å². The van der Waals surface area contributed by atoms with Crippen LogP contribution in [0.3, 0.4) is 0 Å². The summed E-state index contributed by atoms with van der Waals surface area (Å²) in [5.74, 6) is -0.414. The number of thiophene rings is 1. The quantitative estimate of drug-likeness (QED) is 0.179. The number of amides is 2. The molecule has 3 aromatic heterocycles. The van der Waals surface area contributed by atoms with Crippen molar-refractivity contribution in [1.82, 2.24) is 14.5 Å². The number of pyridine rings is 1. The number of fused-ring (bicyclic) bond motifs is 1. The Morgan fingerprint density at radius 3 is 2.48 bits per heavy atom. The molecule has 48 heavy (non-hydrogen) atoms. The van der Waals surface area contributed by atoms with E-state index in [4.69, 9.17) is 9.47 Å². The Hall–Kier alpha value is -6.14. The van der Waals surface area contributed by atoms with Gasteiger partial charge >= 0.3 is 0 Å². The van der Waals surface area contributed by atoms with E-state index in [0.717, 1.165) is 11.1 Å². The first-order valence-electron chi connectivity index (χ1n) is 14.8. The number of rotatable bonds is 8. The van der Waals surface area contributed by atoms with Gasteiger partial charge in [0.05, 0.1) is 11.5 Å². The van der Waals surface area contributed by atoms with Crippen LogP contribution in [0.25, 0.3) is 5.69 Å². The second kappa shape index (κ2) is 12.9. The lowest BCUT2D eigenvalue weighted by atomic mass is 9.86. The molecule has 238 valence electrons. The Balaban J connectivity index is 1.14. The predicted molar refractivity (Wildman–Crippen MR) is 179 cm³/mol. The monoisotopic (exact) mass is 659 g/mol.